The van der Waals surface area contributed by atoms with Crippen molar-refractivity contribution < 1.29 is 33.1 Å². The van der Waals surface area contributed by atoms with Crippen molar-refractivity contribution in [2.75, 3.05) is 13.1 Å². The average molecular weight is 609 g/mol. The number of carboxylic acid groups (broad SMARTS) is 1. The zero-order chi connectivity index (χ0) is 32.3. The largest absolute Gasteiger partial charge is 0.480 e. The van der Waals surface area contributed by atoms with E-state index in [1.807, 2.05) is 55.7 Å². The Morgan fingerprint density at radius 2 is 1.77 bits per heavy atom. The predicted molar refractivity (Wildman–Crippen MR) is 160 cm³/mol. The molecule has 0 saturated carbocycles. The first-order chi connectivity index (χ1) is 20.7. The minimum atomic E-state index is -1.27. The van der Waals surface area contributed by atoms with Crippen LogP contribution >= 0.6 is 0 Å². The Labute approximate surface area is 255 Å². The van der Waals surface area contributed by atoms with Gasteiger partial charge >= 0.3 is 5.97 Å². The normalized spacial score (nSPS) is 16.7. The fraction of sp³-hybridized carbons (Fsp3) is 0.394. The Morgan fingerprint density at radius 1 is 1.09 bits per heavy atom. The number of hydrogen-bond donors (Lipinski definition) is 2. The number of benzene rings is 2. The second-order valence-corrected chi connectivity index (χ2v) is 12.4. The van der Waals surface area contributed by atoms with Crippen molar-refractivity contribution >= 4 is 23.7 Å². The molecule has 0 bridgehead atoms. The van der Waals surface area contributed by atoms with E-state index in [0.717, 1.165) is 28.7 Å². The van der Waals surface area contributed by atoms with Gasteiger partial charge in [-0.25, -0.2) is 8.78 Å². The lowest BCUT2D eigenvalue weighted by atomic mass is 9.82. The van der Waals surface area contributed by atoms with Crippen LogP contribution in [0, 0.1) is 23.0 Å². The number of amides is 3. The lowest BCUT2D eigenvalue weighted by molar-refractivity contribution is -0.148. The van der Waals surface area contributed by atoms with Gasteiger partial charge in [-0.1, -0.05) is 58.0 Å². The molecular formula is C33H38F2N4O5. The van der Waals surface area contributed by atoms with Crippen LogP contribution in [0.1, 0.15) is 57.8 Å². The number of carbonyl (C=O) groups excluding carboxylic acids is 3. The predicted octanol–water partition coefficient (Wildman–Crippen LogP) is 4.59. The number of hydrogen-bond acceptors (Lipinski definition) is 5. The first-order valence-electron chi connectivity index (χ1n) is 14.5. The molecule has 4 rings (SSSR count). The number of nitrogens with two attached hydrogens (primary N) is 1. The summed E-state index contributed by atoms with van der Waals surface area (Å²) in [5, 5.41) is 9.47. The summed E-state index contributed by atoms with van der Waals surface area (Å²) in [5.74, 6) is -4.49. The Balaban J connectivity index is 1.86. The number of nitrogens with zero attached hydrogens (tertiary/aromatic N) is 3. The molecule has 1 aliphatic rings. The quantitative estimate of drug-likeness (QED) is 0.307. The van der Waals surface area contributed by atoms with Crippen LogP contribution in [0.15, 0.2) is 60.8 Å². The van der Waals surface area contributed by atoms with Gasteiger partial charge in [0.05, 0.1) is 6.04 Å². The first-order valence-corrected chi connectivity index (χ1v) is 14.5. The molecule has 3 N–H and O–H groups in total. The number of carbonyl (C=O) groups is 4. The van der Waals surface area contributed by atoms with Crippen molar-refractivity contribution in [1.82, 2.24) is 14.4 Å². The molecule has 1 fully saturated rings. The minimum Gasteiger partial charge on any atom is -0.480 e. The lowest BCUT2D eigenvalue weighted by Gasteiger charge is -2.41. The van der Waals surface area contributed by atoms with Gasteiger partial charge in [0.2, 0.25) is 17.7 Å². The summed E-state index contributed by atoms with van der Waals surface area (Å²) in [4.78, 5) is 53.3. The number of rotatable bonds is 11. The van der Waals surface area contributed by atoms with Crippen molar-refractivity contribution in [2.45, 2.75) is 59.2 Å². The Bertz CT molecular complexity index is 1550. The van der Waals surface area contributed by atoms with E-state index in [2.05, 4.69) is 0 Å². The molecule has 3 atom stereocenters. The van der Waals surface area contributed by atoms with Crippen LogP contribution in [0.4, 0.5) is 8.78 Å². The molecular weight excluding hydrogens is 570 g/mol. The maximum absolute atomic E-state index is 15.0. The van der Waals surface area contributed by atoms with Crippen molar-refractivity contribution in [2.24, 2.45) is 17.1 Å². The van der Waals surface area contributed by atoms with Crippen LogP contribution < -0.4 is 5.73 Å². The molecule has 0 aliphatic carbocycles. The summed E-state index contributed by atoms with van der Waals surface area (Å²) in [5.41, 5.74) is 7.06. The summed E-state index contributed by atoms with van der Waals surface area (Å²) < 4.78 is 31.1. The van der Waals surface area contributed by atoms with E-state index >= 15 is 0 Å². The molecule has 0 spiro atoms. The maximum atomic E-state index is 15.0. The van der Waals surface area contributed by atoms with Crippen LogP contribution in [-0.2, 0) is 25.7 Å². The first kappa shape index (κ1) is 32.5. The standard InChI is InChI=1S/C33H38F2N4O5/c1-20-14-28(40)39(31(20)42)19-29(41)38(13-12-26(36)32(43)44)30(33(2,3)4)27-15-22(24-16-23(34)10-11-25(24)35)18-37(27)17-21-8-6-5-7-9-21/h5-11,15-16,18,20,26,30H,12-14,17,19,36H2,1-4H3,(H,43,44). The van der Waals surface area contributed by atoms with E-state index < -0.39 is 65.3 Å². The average Bonchev–Trinajstić information content (AvgIpc) is 3.46. The van der Waals surface area contributed by atoms with Crippen LogP contribution in [0.3, 0.4) is 0 Å². The molecule has 2 aromatic carbocycles. The zero-order valence-corrected chi connectivity index (χ0v) is 25.3. The highest BCUT2D eigenvalue weighted by molar-refractivity contribution is 6.05. The highest BCUT2D eigenvalue weighted by Gasteiger charge is 2.41. The molecule has 1 saturated heterocycles. The number of imide groups is 1. The van der Waals surface area contributed by atoms with Crippen LogP contribution in [-0.4, -0.2) is 62.3 Å². The molecule has 11 heteroatoms. The van der Waals surface area contributed by atoms with Crippen LogP contribution in [0.2, 0.25) is 0 Å². The molecule has 234 valence electrons. The van der Waals surface area contributed by atoms with Crippen LogP contribution in [0.5, 0.6) is 0 Å². The molecule has 44 heavy (non-hydrogen) atoms. The van der Waals surface area contributed by atoms with Crippen molar-refractivity contribution in [3.63, 3.8) is 0 Å². The van der Waals surface area contributed by atoms with Gasteiger partial charge < -0.3 is 20.3 Å². The number of likely N-dealkylation sites (tertiary alicyclic amines) is 1. The number of aromatic nitrogens is 1. The summed E-state index contributed by atoms with van der Waals surface area (Å²) in [6.07, 6.45) is 1.59. The van der Waals surface area contributed by atoms with Gasteiger partial charge in [0.25, 0.3) is 0 Å². The zero-order valence-electron chi connectivity index (χ0n) is 25.3. The Kier molecular flexibility index (Phi) is 9.68. The Hall–Kier alpha value is -4.38. The SMILES string of the molecule is CC1CC(=O)N(CC(=O)N(CCC(N)C(=O)O)C(c2cc(-c3cc(F)ccc3F)cn2Cc2ccccc2)C(C)(C)C)C1=O. The molecule has 0 radical (unpaired) electrons. The smallest absolute Gasteiger partial charge is 0.320 e. The van der Waals surface area contributed by atoms with Crippen molar-refractivity contribution in [1.29, 1.82) is 0 Å². The second kappa shape index (κ2) is 13.1. The molecule has 3 unspecified atom stereocenters. The fourth-order valence-electron chi connectivity index (χ4n) is 5.65. The van der Waals surface area contributed by atoms with E-state index in [-0.39, 0.29) is 24.9 Å². The lowest BCUT2D eigenvalue weighted by Crippen LogP contribution is -2.49. The number of halogens is 2. The molecule has 1 aliphatic heterocycles. The van der Waals surface area contributed by atoms with Gasteiger partial charge in [0, 0.05) is 48.4 Å². The minimum absolute atomic E-state index is 0.00118. The summed E-state index contributed by atoms with van der Waals surface area (Å²) >= 11 is 0. The van der Waals surface area contributed by atoms with E-state index in [4.69, 9.17) is 5.73 Å². The number of carboxylic acids is 1. The van der Waals surface area contributed by atoms with Gasteiger partial charge in [0.1, 0.15) is 24.2 Å². The highest BCUT2D eigenvalue weighted by Crippen LogP contribution is 2.41. The molecule has 3 amide bonds. The van der Waals surface area contributed by atoms with E-state index in [9.17, 15) is 33.1 Å². The van der Waals surface area contributed by atoms with Crippen molar-refractivity contribution in [3.8, 4) is 11.1 Å². The van der Waals surface area contributed by atoms with E-state index in [1.165, 1.54) is 4.90 Å². The summed E-state index contributed by atoms with van der Waals surface area (Å²) in [6, 6.07) is 12.3. The van der Waals surface area contributed by atoms with E-state index in [1.54, 1.807) is 19.2 Å². The molecule has 3 aromatic rings. The second-order valence-electron chi connectivity index (χ2n) is 12.4. The molecule has 1 aromatic heterocycles. The van der Waals surface area contributed by atoms with Crippen molar-refractivity contribution in [3.05, 3.63) is 83.7 Å². The summed E-state index contributed by atoms with van der Waals surface area (Å²) in [6.45, 7) is 7.03. The van der Waals surface area contributed by atoms with Gasteiger partial charge in [-0.3, -0.25) is 24.1 Å². The molecule has 2 heterocycles. The monoisotopic (exact) mass is 608 g/mol. The third kappa shape index (κ3) is 7.21. The third-order valence-corrected chi connectivity index (χ3v) is 7.86. The summed E-state index contributed by atoms with van der Waals surface area (Å²) in [7, 11) is 0. The van der Waals surface area contributed by atoms with Gasteiger partial charge in [0.15, 0.2) is 0 Å². The topological polar surface area (TPSA) is 126 Å². The van der Waals surface area contributed by atoms with Crippen LogP contribution in [0.25, 0.3) is 11.1 Å². The van der Waals surface area contributed by atoms with E-state index in [0.29, 0.717) is 17.8 Å². The molecule has 9 nitrogen and oxygen atoms in total. The van der Waals surface area contributed by atoms with Gasteiger partial charge in [-0.2, -0.15) is 0 Å². The fourth-order valence-corrected chi connectivity index (χ4v) is 5.65. The Morgan fingerprint density at radius 3 is 2.36 bits per heavy atom. The third-order valence-electron chi connectivity index (χ3n) is 7.86. The number of aliphatic carboxylic acids is 1. The maximum Gasteiger partial charge on any atom is 0.320 e. The highest BCUT2D eigenvalue weighted by atomic mass is 19.1. The van der Waals surface area contributed by atoms with Gasteiger partial charge in [-0.15, -0.1) is 0 Å². The van der Waals surface area contributed by atoms with Gasteiger partial charge in [-0.05, 0) is 41.7 Å².